The highest BCUT2D eigenvalue weighted by atomic mass is 127. The molecule has 3 nitrogen and oxygen atoms in total. The van der Waals surface area contributed by atoms with E-state index < -0.39 is 6.10 Å². The predicted molar refractivity (Wildman–Crippen MR) is 95.3 cm³/mol. The minimum atomic E-state index is -0.513. The summed E-state index contributed by atoms with van der Waals surface area (Å²) in [6.45, 7) is 0. The first kappa shape index (κ1) is 15.5. The third kappa shape index (κ3) is 3.68. The number of aromatic nitrogens is 2. The van der Waals surface area contributed by atoms with Gasteiger partial charge in [-0.1, -0.05) is 28.8 Å². The number of halogens is 2. The lowest BCUT2D eigenvalue weighted by molar-refractivity contribution is 0.176. The lowest BCUT2D eigenvalue weighted by Crippen LogP contribution is -2.08. The SMILES string of the molecule is OC(Cc1ccn(C2CCCC2)n1)c1cc(Br)ccc1I. The molecule has 1 N–H and O–H groups in total. The maximum atomic E-state index is 10.5. The Hall–Kier alpha value is -0.400. The zero-order valence-corrected chi connectivity index (χ0v) is 15.4. The van der Waals surface area contributed by atoms with Gasteiger partial charge in [-0.15, -0.1) is 0 Å². The van der Waals surface area contributed by atoms with Gasteiger partial charge in [0.1, 0.15) is 0 Å². The number of rotatable bonds is 4. The van der Waals surface area contributed by atoms with Crippen LogP contribution >= 0.6 is 38.5 Å². The van der Waals surface area contributed by atoms with Gasteiger partial charge in [0, 0.05) is 20.7 Å². The van der Waals surface area contributed by atoms with Crippen molar-refractivity contribution < 1.29 is 5.11 Å². The monoisotopic (exact) mass is 460 g/mol. The number of nitrogens with zero attached hydrogens (tertiary/aromatic N) is 2. The predicted octanol–water partition coefficient (Wildman–Crippen LogP) is 4.64. The molecule has 1 atom stereocenters. The summed E-state index contributed by atoms with van der Waals surface area (Å²) >= 11 is 5.73. The summed E-state index contributed by atoms with van der Waals surface area (Å²) < 4.78 is 4.16. The highest BCUT2D eigenvalue weighted by molar-refractivity contribution is 14.1. The molecule has 0 aliphatic heterocycles. The van der Waals surface area contributed by atoms with Gasteiger partial charge in [0.2, 0.25) is 0 Å². The van der Waals surface area contributed by atoms with Crippen LogP contribution < -0.4 is 0 Å². The standard InChI is InChI=1S/C16H18BrIN2O/c17-11-5-6-15(18)14(9-11)16(21)10-12-7-8-20(19-12)13-3-1-2-4-13/h5-9,13,16,21H,1-4,10H2. The number of aliphatic hydroxyl groups is 1. The van der Waals surface area contributed by atoms with Crippen LogP contribution in [0.25, 0.3) is 0 Å². The van der Waals surface area contributed by atoms with Crippen LogP contribution in [0.4, 0.5) is 0 Å². The summed E-state index contributed by atoms with van der Waals surface area (Å²) in [6.07, 6.45) is 7.18. The molecule has 1 unspecified atom stereocenters. The summed E-state index contributed by atoms with van der Waals surface area (Å²) in [7, 11) is 0. The fourth-order valence-electron chi connectivity index (χ4n) is 2.94. The number of aliphatic hydroxyl groups excluding tert-OH is 1. The smallest absolute Gasteiger partial charge is 0.0856 e. The van der Waals surface area contributed by atoms with Gasteiger partial charge >= 0.3 is 0 Å². The largest absolute Gasteiger partial charge is 0.388 e. The normalized spacial score (nSPS) is 17.3. The van der Waals surface area contributed by atoms with Crippen molar-refractivity contribution in [3.05, 3.63) is 49.8 Å². The maximum absolute atomic E-state index is 10.5. The van der Waals surface area contributed by atoms with Crippen LogP contribution in [0, 0.1) is 3.57 Å². The highest BCUT2D eigenvalue weighted by Crippen LogP contribution is 2.30. The van der Waals surface area contributed by atoms with Gasteiger partial charge in [0.25, 0.3) is 0 Å². The van der Waals surface area contributed by atoms with E-state index in [0.717, 1.165) is 19.3 Å². The Morgan fingerprint density at radius 2 is 2.10 bits per heavy atom. The van der Waals surface area contributed by atoms with Crippen LogP contribution in [0.5, 0.6) is 0 Å². The van der Waals surface area contributed by atoms with Crippen LogP contribution in [-0.4, -0.2) is 14.9 Å². The topological polar surface area (TPSA) is 38.0 Å². The molecule has 112 valence electrons. The van der Waals surface area contributed by atoms with Crippen LogP contribution in [0.3, 0.4) is 0 Å². The van der Waals surface area contributed by atoms with Crippen molar-refractivity contribution >= 4 is 38.5 Å². The van der Waals surface area contributed by atoms with Gasteiger partial charge in [0.15, 0.2) is 0 Å². The summed E-state index contributed by atoms with van der Waals surface area (Å²) in [4.78, 5) is 0. The molecule has 0 saturated heterocycles. The van der Waals surface area contributed by atoms with E-state index in [0.29, 0.717) is 12.5 Å². The average molecular weight is 461 g/mol. The quantitative estimate of drug-likeness (QED) is 0.675. The Bertz CT molecular complexity index is 622. The molecule has 1 saturated carbocycles. The molecule has 1 aromatic heterocycles. The number of hydrogen-bond acceptors (Lipinski definition) is 2. The van der Waals surface area contributed by atoms with E-state index in [9.17, 15) is 5.11 Å². The third-order valence-corrected chi connectivity index (χ3v) is 5.56. The Balaban J connectivity index is 1.72. The number of hydrogen-bond donors (Lipinski definition) is 1. The van der Waals surface area contributed by atoms with E-state index in [1.807, 2.05) is 24.3 Å². The van der Waals surface area contributed by atoms with Crippen molar-refractivity contribution in [1.82, 2.24) is 9.78 Å². The zero-order chi connectivity index (χ0) is 14.8. The van der Waals surface area contributed by atoms with Gasteiger partial charge in [0.05, 0.1) is 17.8 Å². The Morgan fingerprint density at radius 1 is 1.33 bits per heavy atom. The van der Waals surface area contributed by atoms with Gasteiger partial charge in [-0.3, -0.25) is 4.68 Å². The van der Waals surface area contributed by atoms with E-state index in [1.165, 1.54) is 25.7 Å². The molecule has 21 heavy (non-hydrogen) atoms. The Kier molecular flexibility index (Phi) is 5.01. The molecule has 0 spiro atoms. The zero-order valence-electron chi connectivity index (χ0n) is 11.7. The minimum absolute atomic E-state index is 0.513. The maximum Gasteiger partial charge on any atom is 0.0856 e. The van der Waals surface area contributed by atoms with Crippen LogP contribution in [0.15, 0.2) is 34.9 Å². The number of benzene rings is 1. The molecule has 0 radical (unpaired) electrons. The highest BCUT2D eigenvalue weighted by Gasteiger charge is 2.19. The molecule has 1 aliphatic rings. The third-order valence-electron chi connectivity index (χ3n) is 4.08. The van der Waals surface area contributed by atoms with Crippen molar-refractivity contribution in [2.75, 3.05) is 0 Å². The van der Waals surface area contributed by atoms with E-state index >= 15 is 0 Å². The second kappa shape index (κ2) is 6.79. The van der Waals surface area contributed by atoms with Crippen LogP contribution in [0.2, 0.25) is 0 Å². The summed E-state index contributed by atoms with van der Waals surface area (Å²) in [5.74, 6) is 0. The molecular weight excluding hydrogens is 443 g/mol. The van der Waals surface area contributed by atoms with E-state index in [1.54, 1.807) is 0 Å². The molecule has 3 rings (SSSR count). The first-order chi connectivity index (χ1) is 10.1. The fraction of sp³-hybridized carbons (Fsp3) is 0.438. The van der Waals surface area contributed by atoms with Gasteiger partial charge in [-0.05, 0) is 65.3 Å². The minimum Gasteiger partial charge on any atom is -0.388 e. The Labute approximate surface area is 147 Å². The van der Waals surface area contributed by atoms with Crippen molar-refractivity contribution in [3.8, 4) is 0 Å². The summed E-state index contributed by atoms with van der Waals surface area (Å²) in [6, 6.07) is 8.59. The first-order valence-electron chi connectivity index (χ1n) is 7.30. The summed E-state index contributed by atoms with van der Waals surface area (Å²) in [5.41, 5.74) is 1.92. The average Bonchev–Trinajstić information content (AvgIpc) is 3.11. The molecule has 0 bridgehead atoms. The second-order valence-electron chi connectivity index (χ2n) is 5.61. The van der Waals surface area contributed by atoms with Crippen molar-refractivity contribution in [3.63, 3.8) is 0 Å². The van der Waals surface area contributed by atoms with Crippen molar-refractivity contribution in [2.24, 2.45) is 0 Å². The lowest BCUT2D eigenvalue weighted by Gasteiger charge is -2.13. The van der Waals surface area contributed by atoms with E-state index in [4.69, 9.17) is 0 Å². The van der Waals surface area contributed by atoms with Crippen LogP contribution in [-0.2, 0) is 6.42 Å². The first-order valence-corrected chi connectivity index (χ1v) is 9.17. The van der Waals surface area contributed by atoms with Gasteiger partial charge < -0.3 is 5.11 Å². The van der Waals surface area contributed by atoms with Crippen molar-refractivity contribution in [1.29, 1.82) is 0 Å². The molecular formula is C16H18BrIN2O. The van der Waals surface area contributed by atoms with Gasteiger partial charge in [-0.2, -0.15) is 5.10 Å². The molecule has 1 heterocycles. The Morgan fingerprint density at radius 3 is 2.86 bits per heavy atom. The summed E-state index contributed by atoms with van der Waals surface area (Å²) in [5, 5.41) is 15.1. The molecule has 1 aliphatic carbocycles. The van der Waals surface area contributed by atoms with Gasteiger partial charge in [-0.25, -0.2) is 0 Å². The molecule has 0 amide bonds. The molecule has 5 heteroatoms. The van der Waals surface area contributed by atoms with Crippen molar-refractivity contribution in [2.45, 2.75) is 44.2 Å². The molecule has 1 fully saturated rings. The molecule has 1 aromatic carbocycles. The second-order valence-corrected chi connectivity index (χ2v) is 7.69. The van der Waals surface area contributed by atoms with Crippen LogP contribution in [0.1, 0.15) is 49.1 Å². The fourth-order valence-corrected chi connectivity index (χ4v) is 4.01. The van der Waals surface area contributed by atoms with E-state index in [-0.39, 0.29) is 0 Å². The molecule has 2 aromatic rings. The lowest BCUT2D eigenvalue weighted by atomic mass is 10.1. The van der Waals surface area contributed by atoms with E-state index in [2.05, 4.69) is 54.5 Å².